The Morgan fingerprint density at radius 1 is 0.923 bits per heavy atom. The summed E-state index contributed by atoms with van der Waals surface area (Å²) in [5.41, 5.74) is 2.42. The summed E-state index contributed by atoms with van der Waals surface area (Å²) in [6.07, 6.45) is 8.80. The van der Waals surface area contributed by atoms with E-state index in [0.29, 0.717) is 36.8 Å². The van der Waals surface area contributed by atoms with Gasteiger partial charge < -0.3 is 24.8 Å². The van der Waals surface area contributed by atoms with Crippen LogP contribution in [0.2, 0.25) is 0 Å². The average molecular weight is 362 g/mol. The fraction of sp³-hybridized carbons (Fsp3) is 0.550. The van der Waals surface area contributed by atoms with E-state index in [9.17, 15) is 4.79 Å². The molecule has 1 aromatic carbocycles. The molecule has 2 N–H and O–H groups in total. The van der Waals surface area contributed by atoms with Crippen LogP contribution in [0.3, 0.4) is 0 Å². The predicted octanol–water partition coefficient (Wildman–Crippen LogP) is 3.44. The lowest BCUT2D eigenvalue weighted by atomic mass is 9.97. The SMILES string of the molecule is COc1cc(OC)c(OC)cc1CCNC(=O)NCCC1=CCCCC1. The van der Waals surface area contributed by atoms with Crippen molar-refractivity contribution < 1.29 is 19.0 Å². The largest absolute Gasteiger partial charge is 0.496 e. The average Bonchev–Trinajstić information content (AvgIpc) is 2.68. The van der Waals surface area contributed by atoms with Gasteiger partial charge in [0, 0.05) is 19.2 Å². The molecule has 1 aliphatic rings. The van der Waals surface area contributed by atoms with Gasteiger partial charge >= 0.3 is 6.03 Å². The second kappa shape index (κ2) is 10.6. The molecule has 0 bridgehead atoms. The molecule has 0 saturated carbocycles. The monoisotopic (exact) mass is 362 g/mol. The maximum atomic E-state index is 11.9. The van der Waals surface area contributed by atoms with E-state index in [0.717, 1.165) is 12.0 Å². The highest BCUT2D eigenvalue weighted by atomic mass is 16.5. The smallest absolute Gasteiger partial charge is 0.314 e. The molecule has 6 nitrogen and oxygen atoms in total. The van der Waals surface area contributed by atoms with Crippen molar-refractivity contribution in [2.24, 2.45) is 0 Å². The normalized spacial score (nSPS) is 13.6. The third kappa shape index (κ3) is 5.86. The highest BCUT2D eigenvalue weighted by Crippen LogP contribution is 2.34. The van der Waals surface area contributed by atoms with Crippen LogP contribution in [0.4, 0.5) is 4.79 Å². The van der Waals surface area contributed by atoms with E-state index in [2.05, 4.69) is 16.7 Å². The van der Waals surface area contributed by atoms with Gasteiger partial charge in [-0.1, -0.05) is 11.6 Å². The minimum absolute atomic E-state index is 0.138. The molecule has 6 heteroatoms. The molecule has 2 amide bonds. The van der Waals surface area contributed by atoms with Crippen LogP contribution in [0, 0.1) is 0 Å². The van der Waals surface area contributed by atoms with Gasteiger partial charge in [-0.05, 0) is 50.2 Å². The van der Waals surface area contributed by atoms with Gasteiger partial charge in [0.1, 0.15) is 5.75 Å². The van der Waals surface area contributed by atoms with Gasteiger partial charge in [-0.15, -0.1) is 0 Å². The van der Waals surface area contributed by atoms with Crippen molar-refractivity contribution in [3.8, 4) is 17.2 Å². The first-order valence-corrected chi connectivity index (χ1v) is 9.16. The number of amides is 2. The lowest BCUT2D eigenvalue weighted by Crippen LogP contribution is -2.37. The summed E-state index contributed by atoms with van der Waals surface area (Å²) >= 11 is 0. The highest BCUT2D eigenvalue weighted by molar-refractivity contribution is 5.73. The number of methoxy groups -OCH3 is 3. The third-order valence-electron chi connectivity index (χ3n) is 4.58. The summed E-state index contributed by atoms with van der Waals surface area (Å²) in [5.74, 6) is 1.98. The van der Waals surface area contributed by atoms with Crippen LogP contribution in [0.1, 0.15) is 37.7 Å². The van der Waals surface area contributed by atoms with Gasteiger partial charge in [0.05, 0.1) is 21.3 Å². The van der Waals surface area contributed by atoms with E-state index in [1.165, 1.54) is 31.3 Å². The summed E-state index contributed by atoms with van der Waals surface area (Å²) in [6, 6.07) is 3.54. The molecule has 1 aliphatic carbocycles. The molecule has 0 heterocycles. The van der Waals surface area contributed by atoms with Crippen molar-refractivity contribution in [1.82, 2.24) is 10.6 Å². The van der Waals surface area contributed by atoms with Crippen LogP contribution in [0.15, 0.2) is 23.8 Å². The van der Waals surface area contributed by atoms with Crippen LogP contribution < -0.4 is 24.8 Å². The Hall–Kier alpha value is -2.37. The molecule has 144 valence electrons. The van der Waals surface area contributed by atoms with Crippen molar-refractivity contribution in [2.45, 2.75) is 38.5 Å². The summed E-state index contributed by atoms with van der Waals surface area (Å²) in [6.45, 7) is 1.19. The van der Waals surface area contributed by atoms with Crippen LogP contribution >= 0.6 is 0 Å². The number of hydrogen-bond acceptors (Lipinski definition) is 4. The van der Waals surface area contributed by atoms with E-state index in [1.807, 2.05) is 6.07 Å². The number of carbonyl (C=O) groups is 1. The molecule has 0 unspecified atom stereocenters. The van der Waals surface area contributed by atoms with E-state index in [1.54, 1.807) is 27.4 Å². The molecule has 0 radical (unpaired) electrons. The van der Waals surface area contributed by atoms with E-state index in [-0.39, 0.29) is 6.03 Å². The molecule has 0 atom stereocenters. The van der Waals surface area contributed by atoms with Gasteiger partial charge in [-0.25, -0.2) is 4.79 Å². The minimum Gasteiger partial charge on any atom is -0.496 e. The van der Waals surface area contributed by atoms with E-state index >= 15 is 0 Å². The molecule has 0 aromatic heterocycles. The number of allylic oxidation sites excluding steroid dienone is 1. The standard InChI is InChI=1S/C20H30N2O4/c1-24-17-14-19(26-3)18(25-2)13-16(17)10-12-22-20(23)21-11-9-15-7-5-4-6-8-15/h7,13-14H,4-6,8-12H2,1-3H3,(H2,21,22,23). The Morgan fingerprint density at radius 3 is 2.19 bits per heavy atom. The fourth-order valence-corrected chi connectivity index (χ4v) is 3.13. The minimum atomic E-state index is -0.138. The zero-order chi connectivity index (χ0) is 18.8. The molecule has 0 spiro atoms. The van der Waals surface area contributed by atoms with E-state index in [4.69, 9.17) is 14.2 Å². The molecular weight excluding hydrogens is 332 g/mol. The van der Waals surface area contributed by atoms with Crippen molar-refractivity contribution in [1.29, 1.82) is 0 Å². The van der Waals surface area contributed by atoms with Crippen LogP contribution in [-0.4, -0.2) is 40.5 Å². The van der Waals surface area contributed by atoms with Crippen LogP contribution in [-0.2, 0) is 6.42 Å². The summed E-state index contributed by atoms with van der Waals surface area (Å²) < 4.78 is 16.0. The van der Waals surface area contributed by atoms with Crippen LogP contribution in [0.5, 0.6) is 17.2 Å². The zero-order valence-corrected chi connectivity index (χ0v) is 16.0. The predicted molar refractivity (Wildman–Crippen MR) is 102 cm³/mol. The number of carbonyl (C=O) groups excluding carboxylic acids is 1. The third-order valence-corrected chi connectivity index (χ3v) is 4.58. The molecule has 0 aliphatic heterocycles. The van der Waals surface area contributed by atoms with E-state index < -0.39 is 0 Å². The van der Waals surface area contributed by atoms with Crippen molar-refractivity contribution in [3.63, 3.8) is 0 Å². The second-order valence-electron chi connectivity index (χ2n) is 6.31. The number of benzene rings is 1. The van der Waals surface area contributed by atoms with Gasteiger partial charge in [0.2, 0.25) is 0 Å². The Balaban J connectivity index is 1.77. The Kier molecular flexibility index (Phi) is 8.12. The molecule has 1 aromatic rings. The van der Waals surface area contributed by atoms with Crippen molar-refractivity contribution >= 4 is 6.03 Å². The Labute approximate surface area is 155 Å². The fourth-order valence-electron chi connectivity index (χ4n) is 3.13. The number of nitrogens with one attached hydrogen (secondary N) is 2. The van der Waals surface area contributed by atoms with Gasteiger partial charge in [0.15, 0.2) is 11.5 Å². The zero-order valence-electron chi connectivity index (χ0n) is 16.0. The first-order valence-electron chi connectivity index (χ1n) is 9.16. The number of rotatable bonds is 9. The molecule has 2 rings (SSSR count). The highest BCUT2D eigenvalue weighted by Gasteiger charge is 2.12. The quantitative estimate of drug-likeness (QED) is 0.660. The van der Waals surface area contributed by atoms with Crippen LogP contribution in [0.25, 0.3) is 0 Å². The maximum absolute atomic E-state index is 11.9. The maximum Gasteiger partial charge on any atom is 0.314 e. The molecule has 26 heavy (non-hydrogen) atoms. The first-order chi connectivity index (χ1) is 12.7. The number of urea groups is 1. The second-order valence-corrected chi connectivity index (χ2v) is 6.31. The van der Waals surface area contributed by atoms with Gasteiger partial charge in [0.25, 0.3) is 0 Å². The number of hydrogen-bond donors (Lipinski definition) is 2. The lowest BCUT2D eigenvalue weighted by molar-refractivity contribution is 0.241. The van der Waals surface area contributed by atoms with Crippen molar-refractivity contribution in [2.75, 3.05) is 34.4 Å². The topological polar surface area (TPSA) is 68.8 Å². The summed E-state index contributed by atoms with van der Waals surface area (Å²) in [7, 11) is 4.80. The number of ether oxygens (including phenoxy) is 3. The van der Waals surface area contributed by atoms with Gasteiger partial charge in [-0.2, -0.15) is 0 Å². The first kappa shape index (κ1) is 19.9. The molecule has 0 fully saturated rings. The van der Waals surface area contributed by atoms with Gasteiger partial charge in [-0.3, -0.25) is 0 Å². The lowest BCUT2D eigenvalue weighted by Gasteiger charge is -2.15. The summed E-state index contributed by atoms with van der Waals surface area (Å²) in [5, 5.41) is 5.81. The summed E-state index contributed by atoms with van der Waals surface area (Å²) in [4.78, 5) is 11.9. The molecule has 0 saturated heterocycles. The van der Waals surface area contributed by atoms with Crippen molar-refractivity contribution in [3.05, 3.63) is 29.3 Å². The molecular formula is C20H30N2O4. The Morgan fingerprint density at radius 2 is 1.58 bits per heavy atom. The Bertz CT molecular complexity index is 628.